The van der Waals surface area contributed by atoms with Crippen molar-refractivity contribution in [3.63, 3.8) is 0 Å². The third-order valence-corrected chi connectivity index (χ3v) is 4.95. The topological polar surface area (TPSA) is 76.1 Å². The molecule has 1 amide bonds. The van der Waals surface area contributed by atoms with Gasteiger partial charge in [-0.15, -0.1) is 0 Å². The summed E-state index contributed by atoms with van der Waals surface area (Å²) >= 11 is 0. The summed E-state index contributed by atoms with van der Waals surface area (Å²) < 4.78 is 10.6. The first kappa shape index (κ1) is 16.6. The van der Waals surface area contributed by atoms with Crippen LogP contribution in [0, 0.1) is 0 Å². The molecule has 1 N–H and O–H groups in total. The van der Waals surface area contributed by atoms with Gasteiger partial charge < -0.3 is 14.6 Å². The van der Waals surface area contributed by atoms with E-state index in [1.807, 2.05) is 24.3 Å². The highest BCUT2D eigenvalue weighted by molar-refractivity contribution is 5.81. The third-order valence-electron chi connectivity index (χ3n) is 4.95. The molecule has 1 atom stereocenters. The maximum atomic E-state index is 12.4. The summed E-state index contributed by atoms with van der Waals surface area (Å²) in [4.78, 5) is 24.9. The van der Waals surface area contributed by atoms with E-state index in [2.05, 4.69) is 18.2 Å². The van der Waals surface area contributed by atoms with E-state index in [-0.39, 0.29) is 19.8 Å². The third kappa shape index (κ3) is 2.93. The number of hydrogen-bond donors (Lipinski definition) is 1. The number of benzene rings is 2. The molecule has 1 heterocycles. The Kier molecular flexibility index (Phi) is 4.34. The number of amides is 1. The Labute approximate surface area is 151 Å². The Hall–Kier alpha value is -2.86. The predicted octanol–water partition coefficient (Wildman–Crippen LogP) is 2.68. The van der Waals surface area contributed by atoms with Crippen LogP contribution in [0.5, 0.6) is 0 Å². The van der Waals surface area contributed by atoms with E-state index in [0.717, 1.165) is 12.0 Å². The molecule has 0 aromatic heterocycles. The van der Waals surface area contributed by atoms with Crippen LogP contribution in [-0.2, 0) is 27.3 Å². The standard InChI is InChI=1S/C20H19NO5/c22-19(23)18-12-25-9-8-21(18)20(24)26-11-14-5-3-7-16-15-6-2-1-4-13(15)10-17(14)16/h1-7,18H,8-12H2,(H,22,23)/t18-/m0/s1. The Morgan fingerprint density at radius 1 is 1.15 bits per heavy atom. The first-order chi connectivity index (χ1) is 12.6. The van der Waals surface area contributed by atoms with Crippen molar-refractivity contribution >= 4 is 12.1 Å². The molecular formula is C20H19NO5. The molecule has 2 aromatic carbocycles. The number of ether oxygens (including phenoxy) is 2. The van der Waals surface area contributed by atoms with Crippen molar-refractivity contribution in [2.45, 2.75) is 19.1 Å². The highest BCUT2D eigenvalue weighted by Crippen LogP contribution is 2.38. The normalized spacial score (nSPS) is 18.2. The minimum Gasteiger partial charge on any atom is -0.480 e. The first-order valence-electron chi connectivity index (χ1n) is 8.58. The number of carbonyl (C=O) groups is 2. The highest BCUT2D eigenvalue weighted by Gasteiger charge is 2.34. The van der Waals surface area contributed by atoms with E-state index in [1.165, 1.54) is 27.2 Å². The molecule has 1 aliphatic heterocycles. The summed E-state index contributed by atoms with van der Waals surface area (Å²) in [6.45, 7) is 0.642. The molecule has 1 aliphatic carbocycles. The van der Waals surface area contributed by atoms with Gasteiger partial charge in [0.05, 0.1) is 13.2 Å². The fourth-order valence-electron chi connectivity index (χ4n) is 3.61. The highest BCUT2D eigenvalue weighted by atomic mass is 16.6. The van der Waals surface area contributed by atoms with Gasteiger partial charge in [-0.25, -0.2) is 9.59 Å². The number of hydrogen-bond acceptors (Lipinski definition) is 4. The SMILES string of the molecule is O=C(O)[C@@H]1COCCN1C(=O)OCc1cccc2c1Cc1ccccc1-2. The molecule has 0 saturated carbocycles. The van der Waals surface area contributed by atoms with Crippen molar-refractivity contribution in [3.8, 4) is 11.1 Å². The molecule has 0 bridgehead atoms. The number of nitrogens with zero attached hydrogens (tertiary/aromatic N) is 1. The lowest BCUT2D eigenvalue weighted by Crippen LogP contribution is -2.52. The Morgan fingerprint density at radius 3 is 2.81 bits per heavy atom. The minimum atomic E-state index is -1.09. The molecule has 0 spiro atoms. The second-order valence-electron chi connectivity index (χ2n) is 6.45. The van der Waals surface area contributed by atoms with Crippen molar-refractivity contribution in [3.05, 3.63) is 59.2 Å². The van der Waals surface area contributed by atoms with Crippen LogP contribution in [0.1, 0.15) is 16.7 Å². The number of morpholine rings is 1. The first-order valence-corrected chi connectivity index (χ1v) is 8.58. The van der Waals surface area contributed by atoms with Crippen molar-refractivity contribution < 1.29 is 24.2 Å². The number of carboxylic acids is 1. The molecule has 2 aliphatic rings. The van der Waals surface area contributed by atoms with E-state index in [1.54, 1.807) is 0 Å². The quantitative estimate of drug-likeness (QED) is 0.783. The van der Waals surface area contributed by atoms with E-state index < -0.39 is 18.1 Å². The van der Waals surface area contributed by atoms with Crippen molar-refractivity contribution in [2.24, 2.45) is 0 Å². The summed E-state index contributed by atoms with van der Waals surface area (Å²) in [5, 5.41) is 9.24. The van der Waals surface area contributed by atoms with Crippen LogP contribution in [0.15, 0.2) is 42.5 Å². The second-order valence-corrected chi connectivity index (χ2v) is 6.45. The van der Waals surface area contributed by atoms with Crippen LogP contribution >= 0.6 is 0 Å². The molecule has 1 saturated heterocycles. The second kappa shape index (κ2) is 6.80. The number of aliphatic carboxylic acids is 1. The maximum absolute atomic E-state index is 12.4. The molecule has 4 rings (SSSR count). The van der Waals surface area contributed by atoms with Crippen molar-refractivity contribution in [2.75, 3.05) is 19.8 Å². The van der Waals surface area contributed by atoms with Crippen LogP contribution in [0.25, 0.3) is 11.1 Å². The van der Waals surface area contributed by atoms with Gasteiger partial charge in [0.25, 0.3) is 0 Å². The summed E-state index contributed by atoms with van der Waals surface area (Å²) in [6, 6.07) is 13.2. The van der Waals surface area contributed by atoms with Crippen LogP contribution in [0.3, 0.4) is 0 Å². The number of carbonyl (C=O) groups excluding carboxylic acids is 1. The lowest BCUT2D eigenvalue weighted by Gasteiger charge is -2.31. The monoisotopic (exact) mass is 353 g/mol. The zero-order valence-electron chi connectivity index (χ0n) is 14.2. The molecule has 0 unspecified atom stereocenters. The predicted molar refractivity (Wildman–Crippen MR) is 93.8 cm³/mol. The van der Waals surface area contributed by atoms with E-state index in [9.17, 15) is 14.7 Å². The van der Waals surface area contributed by atoms with Crippen LogP contribution < -0.4 is 0 Å². The maximum Gasteiger partial charge on any atom is 0.411 e. The summed E-state index contributed by atoms with van der Waals surface area (Å²) in [5.41, 5.74) is 5.77. The lowest BCUT2D eigenvalue weighted by molar-refractivity contribution is -0.148. The van der Waals surface area contributed by atoms with Crippen LogP contribution in [0.4, 0.5) is 4.79 Å². The van der Waals surface area contributed by atoms with Gasteiger partial charge in [0.1, 0.15) is 6.61 Å². The van der Waals surface area contributed by atoms with Gasteiger partial charge in [-0.05, 0) is 34.2 Å². The fraction of sp³-hybridized carbons (Fsp3) is 0.300. The number of rotatable bonds is 3. The van der Waals surface area contributed by atoms with Gasteiger partial charge in [0.2, 0.25) is 0 Å². The zero-order chi connectivity index (χ0) is 18.1. The number of carboxylic acid groups (broad SMARTS) is 1. The molecular weight excluding hydrogens is 334 g/mol. The summed E-state index contributed by atoms with van der Waals surface area (Å²) in [5.74, 6) is -1.09. The van der Waals surface area contributed by atoms with E-state index in [4.69, 9.17) is 9.47 Å². The fourth-order valence-corrected chi connectivity index (χ4v) is 3.61. The minimum absolute atomic E-state index is 0.0134. The van der Waals surface area contributed by atoms with Gasteiger partial charge in [-0.3, -0.25) is 4.90 Å². The summed E-state index contributed by atoms with van der Waals surface area (Å²) in [7, 11) is 0. The molecule has 2 aromatic rings. The van der Waals surface area contributed by atoms with E-state index >= 15 is 0 Å². The average Bonchev–Trinajstić information content (AvgIpc) is 3.05. The Balaban J connectivity index is 1.49. The lowest BCUT2D eigenvalue weighted by atomic mass is 10.0. The molecule has 26 heavy (non-hydrogen) atoms. The Bertz CT molecular complexity index is 863. The zero-order valence-corrected chi connectivity index (χ0v) is 14.2. The van der Waals surface area contributed by atoms with Gasteiger partial charge >= 0.3 is 12.1 Å². The van der Waals surface area contributed by atoms with Gasteiger partial charge in [-0.2, -0.15) is 0 Å². The molecule has 1 fully saturated rings. The van der Waals surface area contributed by atoms with Gasteiger partial charge in [0.15, 0.2) is 6.04 Å². The summed E-state index contributed by atoms with van der Waals surface area (Å²) in [6.07, 6.45) is 0.197. The van der Waals surface area contributed by atoms with Crippen LogP contribution in [0.2, 0.25) is 0 Å². The number of fused-ring (bicyclic) bond motifs is 3. The molecule has 134 valence electrons. The largest absolute Gasteiger partial charge is 0.480 e. The molecule has 6 nitrogen and oxygen atoms in total. The molecule has 0 radical (unpaired) electrons. The van der Waals surface area contributed by atoms with Crippen LogP contribution in [-0.4, -0.2) is 47.9 Å². The average molecular weight is 353 g/mol. The van der Waals surface area contributed by atoms with Crippen molar-refractivity contribution in [1.82, 2.24) is 4.90 Å². The van der Waals surface area contributed by atoms with E-state index in [0.29, 0.717) is 6.61 Å². The molecule has 6 heteroatoms. The smallest absolute Gasteiger partial charge is 0.411 e. The van der Waals surface area contributed by atoms with Gasteiger partial charge in [-0.1, -0.05) is 42.5 Å². The van der Waals surface area contributed by atoms with Crippen molar-refractivity contribution in [1.29, 1.82) is 0 Å². The van der Waals surface area contributed by atoms with Gasteiger partial charge in [0, 0.05) is 6.54 Å². The Morgan fingerprint density at radius 2 is 1.96 bits per heavy atom.